The number of hydrogen-bond acceptors (Lipinski definition) is 8. The summed E-state index contributed by atoms with van der Waals surface area (Å²) < 4.78 is 5.80. The first-order chi connectivity index (χ1) is 10.1. The van der Waals surface area contributed by atoms with Gasteiger partial charge in [0.25, 0.3) is 0 Å². The maximum atomic E-state index is 10.9. The van der Waals surface area contributed by atoms with Gasteiger partial charge >= 0.3 is 5.69 Å². The van der Waals surface area contributed by atoms with E-state index in [2.05, 4.69) is 20.2 Å². The van der Waals surface area contributed by atoms with Gasteiger partial charge in [-0.2, -0.15) is 4.98 Å². The monoisotopic (exact) mass is 294 g/mol. The summed E-state index contributed by atoms with van der Waals surface area (Å²) in [6, 6.07) is 0.533. The third kappa shape index (κ3) is 3.03. The van der Waals surface area contributed by atoms with Gasteiger partial charge in [0, 0.05) is 19.1 Å². The number of aromatic nitrogens is 2. The van der Waals surface area contributed by atoms with E-state index in [9.17, 15) is 10.1 Å². The summed E-state index contributed by atoms with van der Waals surface area (Å²) in [5, 5.41) is 13.9. The number of hydrogen-bond donors (Lipinski definition) is 2. The molecular weight excluding hydrogens is 276 g/mol. The molecular formula is C12H18N6O3. The van der Waals surface area contributed by atoms with Crippen molar-refractivity contribution in [1.82, 2.24) is 14.9 Å². The van der Waals surface area contributed by atoms with E-state index in [1.54, 1.807) is 0 Å². The highest BCUT2D eigenvalue weighted by Gasteiger charge is 2.32. The van der Waals surface area contributed by atoms with Crippen LogP contribution in [0.15, 0.2) is 6.20 Å². The van der Waals surface area contributed by atoms with E-state index in [1.165, 1.54) is 12.8 Å². The largest absolute Gasteiger partial charge is 0.373 e. The van der Waals surface area contributed by atoms with Crippen molar-refractivity contribution in [1.29, 1.82) is 0 Å². The first-order valence-corrected chi connectivity index (χ1v) is 7.00. The average molecular weight is 294 g/mol. The molecule has 21 heavy (non-hydrogen) atoms. The van der Waals surface area contributed by atoms with Crippen LogP contribution in [0.25, 0.3) is 0 Å². The number of nitrogens with one attached hydrogen (secondary N) is 1. The Morgan fingerprint density at radius 2 is 2.48 bits per heavy atom. The van der Waals surface area contributed by atoms with Gasteiger partial charge < -0.3 is 15.8 Å². The molecule has 9 nitrogen and oxygen atoms in total. The van der Waals surface area contributed by atoms with Gasteiger partial charge in [0.2, 0.25) is 11.8 Å². The fraction of sp³-hybridized carbons (Fsp3) is 0.667. The summed E-state index contributed by atoms with van der Waals surface area (Å²) in [5.74, 6) is 0.145. The molecule has 0 aliphatic carbocycles. The zero-order valence-electron chi connectivity index (χ0n) is 11.6. The van der Waals surface area contributed by atoms with Gasteiger partial charge in [0.15, 0.2) is 0 Å². The normalized spacial score (nSPS) is 25.5. The van der Waals surface area contributed by atoms with Crippen LogP contribution in [0.3, 0.4) is 0 Å². The second-order valence-corrected chi connectivity index (χ2v) is 5.35. The van der Waals surface area contributed by atoms with Crippen LogP contribution < -0.4 is 11.1 Å². The lowest BCUT2D eigenvalue weighted by molar-refractivity contribution is -0.384. The number of anilines is 2. The van der Waals surface area contributed by atoms with E-state index in [4.69, 9.17) is 10.5 Å². The van der Waals surface area contributed by atoms with Crippen molar-refractivity contribution in [2.75, 3.05) is 37.3 Å². The molecule has 3 N–H and O–H groups in total. The second-order valence-electron chi connectivity index (χ2n) is 5.35. The van der Waals surface area contributed by atoms with Crippen molar-refractivity contribution in [3.8, 4) is 0 Å². The van der Waals surface area contributed by atoms with Crippen LogP contribution >= 0.6 is 0 Å². The molecule has 1 aromatic heterocycles. The Bertz CT molecular complexity index is 540. The molecule has 0 amide bonds. The quantitative estimate of drug-likeness (QED) is 0.598. The third-order valence-corrected chi connectivity index (χ3v) is 3.94. The number of ether oxygens (including phenoxy) is 1. The Hall–Kier alpha value is -2.00. The summed E-state index contributed by atoms with van der Waals surface area (Å²) in [6.07, 6.45) is 3.51. The third-order valence-electron chi connectivity index (χ3n) is 3.94. The topological polar surface area (TPSA) is 119 Å². The van der Waals surface area contributed by atoms with Crippen molar-refractivity contribution in [2.45, 2.75) is 25.0 Å². The molecule has 0 spiro atoms. The van der Waals surface area contributed by atoms with Crippen LogP contribution in [-0.4, -0.2) is 58.2 Å². The summed E-state index contributed by atoms with van der Waals surface area (Å²) >= 11 is 0. The molecule has 9 heteroatoms. The van der Waals surface area contributed by atoms with E-state index in [-0.39, 0.29) is 23.6 Å². The molecule has 2 aliphatic heterocycles. The first kappa shape index (κ1) is 14.0. The van der Waals surface area contributed by atoms with Crippen LogP contribution in [0.1, 0.15) is 12.8 Å². The van der Waals surface area contributed by atoms with Crippen LogP contribution in [-0.2, 0) is 4.74 Å². The van der Waals surface area contributed by atoms with Gasteiger partial charge in [-0.05, 0) is 19.4 Å². The molecule has 0 aromatic carbocycles. The Labute approximate surface area is 121 Å². The number of rotatable bonds is 4. The molecule has 2 saturated heterocycles. The van der Waals surface area contributed by atoms with E-state index < -0.39 is 4.92 Å². The molecule has 1 aromatic rings. The molecule has 3 rings (SSSR count). The Morgan fingerprint density at radius 3 is 3.29 bits per heavy atom. The molecule has 114 valence electrons. The van der Waals surface area contributed by atoms with Gasteiger partial charge in [-0.1, -0.05) is 0 Å². The van der Waals surface area contributed by atoms with Crippen molar-refractivity contribution in [2.24, 2.45) is 0 Å². The zero-order chi connectivity index (χ0) is 14.8. The highest BCUT2D eigenvalue weighted by Crippen LogP contribution is 2.24. The smallest absolute Gasteiger partial charge is 0.329 e. The molecule has 3 heterocycles. The minimum Gasteiger partial charge on any atom is -0.373 e. The number of morpholine rings is 1. The number of nitrogens with two attached hydrogens (primary N) is 1. The number of nitro groups is 1. The number of nitrogens with zero attached hydrogens (tertiary/aromatic N) is 4. The Morgan fingerprint density at radius 1 is 1.62 bits per heavy atom. The molecule has 2 atom stereocenters. The highest BCUT2D eigenvalue weighted by molar-refractivity contribution is 5.56. The number of nitrogen functional groups attached to an aromatic ring is 1. The van der Waals surface area contributed by atoms with E-state index in [0.29, 0.717) is 12.6 Å². The van der Waals surface area contributed by atoms with Crippen LogP contribution in [0.4, 0.5) is 17.5 Å². The maximum absolute atomic E-state index is 10.9. The minimum absolute atomic E-state index is 0.00450. The average Bonchev–Trinajstić information content (AvgIpc) is 2.92. The molecule has 0 saturated carbocycles. The lowest BCUT2D eigenvalue weighted by Crippen LogP contribution is -2.48. The lowest BCUT2D eigenvalue weighted by Gasteiger charge is -2.35. The second kappa shape index (κ2) is 5.78. The van der Waals surface area contributed by atoms with Gasteiger partial charge in [0.05, 0.1) is 17.6 Å². The molecule has 2 unspecified atom stereocenters. The molecule has 2 aliphatic rings. The van der Waals surface area contributed by atoms with Crippen molar-refractivity contribution >= 4 is 17.5 Å². The predicted octanol–water partition coefficient (Wildman–Crippen LogP) is 0.242. The summed E-state index contributed by atoms with van der Waals surface area (Å²) in [7, 11) is 0. The fourth-order valence-corrected chi connectivity index (χ4v) is 2.87. The fourth-order valence-electron chi connectivity index (χ4n) is 2.87. The summed E-state index contributed by atoms with van der Waals surface area (Å²) in [5.41, 5.74) is 5.30. The molecule has 2 fully saturated rings. The number of fused-ring (bicyclic) bond motifs is 1. The Kier molecular flexibility index (Phi) is 3.84. The summed E-state index contributed by atoms with van der Waals surface area (Å²) in [4.78, 5) is 20.4. The van der Waals surface area contributed by atoms with Gasteiger partial charge in [-0.15, -0.1) is 0 Å². The lowest BCUT2D eigenvalue weighted by atomic mass is 10.2. The Balaban J connectivity index is 1.62. The highest BCUT2D eigenvalue weighted by atomic mass is 16.6. The zero-order valence-corrected chi connectivity index (χ0v) is 11.6. The SMILES string of the molecule is Nc1ncc([N+](=O)[O-])c(NCC2CN3CCCC3CO2)n1. The van der Waals surface area contributed by atoms with E-state index in [1.807, 2.05) is 0 Å². The minimum atomic E-state index is -0.528. The van der Waals surface area contributed by atoms with Crippen LogP contribution in [0.5, 0.6) is 0 Å². The van der Waals surface area contributed by atoms with Crippen molar-refractivity contribution in [3.05, 3.63) is 16.3 Å². The molecule has 0 bridgehead atoms. The predicted molar refractivity (Wildman–Crippen MR) is 75.9 cm³/mol. The van der Waals surface area contributed by atoms with Crippen LogP contribution in [0.2, 0.25) is 0 Å². The van der Waals surface area contributed by atoms with Crippen molar-refractivity contribution < 1.29 is 9.66 Å². The van der Waals surface area contributed by atoms with Crippen molar-refractivity contribution in [3.63, 3.8) is 0 Å². The van der Waals surface area contributed by atoms with Gasteiger partial charge in [-0.3, -0.25) is 15.0 Å². The molecule has 0 radical (unpaired) electrons. The first-order valence-electron chi connectivity index (χ1n) is 7.00. The standard InChI is InChI=1S/C12H18N6O3/c13-12-15-5-10(18(19)20)11(16-12)14-4-9-6-17-3-1-2-8(17)7-21-9/h5,8-9H,1-4,6-7H2,(H3,13,14,15,16). The van der Waals surface area contributed by atoms with Gasteiger partial charge in [0.1, 0.15) is 6.20 Å². The summed E-state index contributed by atoms with van der Waals surface area (Å²) in [6.45, 7) is 3.12. The maximum Gasteiger partial charge on any atom is 0.329 e. The van der Waals surface area contributed by atoms with Gasteiger partial charge in [-0.25, -0.2) is 4.98 Å². The van der Waals surface area contributed by atoms with E-state index in [0.717, 1.165) is 25.9 Å². The van der Waals surface area contributed by atoms with Crippen LogP contribution in [0, 0.1) is 10.1 Å². The van der Waals surface area contributed by atoms with E-state index >= 15 is 0 Å².